The van der Waals surface area contributed by atoms with Crippen LogP contribution >= 0.6 is 0 Å². The van der Waals surface area contributed by atoms with Crippen molar-refractivity contribution in [3.8, 4) is 0 Å². The molecule has 0 amide bonds. The Bertz CT molecular complexity index is 362. The van der Waals surface area contributed by atoms with Crippen LogP contribution in [0, 0.1) is 7.05 Å². The van der Waals surface area contributed by atoms with Crippen LogP contribution in [0.3, 0.4) is 0 Å². The Morgan fingerprint density at radius 1 is 1.27 bits per heavy atom. The van der Waals surface area contributed by atoms with Gasteiger partial charge in [-0.15, -0.1) is 0 Å². The van der Waals surface area contributed by atoms with Crippen LogP contribution in [-0.2, 0) is 0 Å². The Morgan fingerprint density at radius 2 is 2.18 bits per heavy atom. The minimum atomic E-state index is 0.917. The molecule has 0 atom stereocenters. The van der Waals surface area contributed by atoms with Crippen molar-refractivity contribution in [3.63, 3.8) is 0 Å². The molecule has 0 spiro atoms. The van der Waals surface area contributed by atoms with E-state index in [4.69, 9.17) is 7.05 Å². The predicted octanol–water partition coefficient (Wildman–Crippen LogP) is 2.25. The van der Waals surface area contributed by atoms with Crippen LogP contribution in [0.1, 0.15) is 0 Å². The molecule has 0 saturated heterocycles. The summed E-state index contributed by atoms with van der Waals surface area (Å²) < 4.78 is 0. The van der Waals surface area contributed by atoms with Crippen LogP contribution in [0.5, 0.6) is 0 Å². The van der Waals surface area contributed by atoms with E-state index in [-0.39, 0.29) is 0 Å². The molecule has 2 N–H and O–H groups in total. The molecule has 0 unspecified atom stereocenters. The number of H-pyrrole nitrogens is 1. The van der Waals surface area contributed by atoms with Gasteiger partial charge in [-0.05, 0) is 23.6 Å². The standard InChI is InChI=1S/C9H8N2/c1-10-8-3-2-7-4-5-11-9(7)6-8/h1-6,10-11H. The molecule has 1 aromatic carbocycles. The lowest BCUT2D eigenvalue weighted by atomic mass is 10.2. The van der Waals surface area contributed by atoms with Gasteiger partial charge in [0, 0.05) is 17.4 Å². The highest BCUT2D eigenvalue weighted by Gasteiger charge is 1.93. The first-order chi connectivity index (χ1) is 5.40. The third kappa shape index (κ3) is 0.963. The lowest BCUT2D eigenvalue weighted by molar-refractivity contribution is 1.47. The Morgan fingerprint density at radius 3 is 3.00 bits per heavy atom. The Labute approximate surface area is 65.2 Å². The summed E-state index contributed by atoms with van der Waals surface area (Å²) in [5.41, 5.74) is 2.01. The van der Waals surface area contributed by atoms with Gasteiger partial charge < -0.3 is 10.3 Å². The summed E-state index contributed by atoms with van der Waals surface area (Å²) in [5.74, 6) is 0. The zero-order valence-corrected chi connectivity index (χ0v) is 5.96. The maximum absolute atomic E-state index is 5.25. The van der Waals surface area contributed by atoms with Gasteiger partial charge in [0.25, 0.3) is 0 Å². The van der Waals surface area contributed by atoms with E-state index in [1.165, 1.54) is 5.39 Å². The van der Waals surface area contributed by atoms with Crippen LogP contribution in [0.4, 0.5) is 5.69 Å². The van der Waals surface area contributed by atoms with Crippen LogP contribution in [-0.4, -0.2) is 4.98 Å². The van der Waals surface area contributed by atoms with Crippen LogP contribution < -0.4 is 5.32 Å². The van der Waals surface area contributed by atoms with E-state index in [1.54, 1.807) is 0 Å². The smallest absolute Gasteiger partial charge is 0.0705 e. The molecule has 0 fully saturated rings. The normalized spacial score (nSPS) is 10.3. The summed E-state index contributed by atoms with van der Waals surface area (Å²) in [6.45, 7) is 0. The van der Waals surface area contributed by atoms with Gasteiger partial charge in [0.15, 0.2) is 0 Å². The van der Waals surface area contributed by atoms with E-state index in [0.717, 1.165) is 11.2 Å². The highest BCUT2D eigenvalue weighted by molar-refractivity contribution is 5.82. The van der Waals surface area contributed by atoms with E-state index in [2.05, 4.69) is 10.3 Å². The largest absolute Gasteiger partial charge is 0.378 e. The molecule has 1 aromatic heterocycles. The predicted molar refractivity (Wildman–Crippen MR) is 46.2 cm³/mol. The number of aromatic amines is 1. The van der Waals surface area contributed by atoms with Crippen molar-refractivity contribution < 1.29 is 0 Å². The molecular weight excluding hydrogens is 136 g/mol. The molecule has 2 nitrogen and oxygen atoms in total. The van der Waals surface area contributed by atoms with Crippen LogP contribution in [0.15, 0.2) is 30.5 Å². The van der Waals surface area contributed by atoms with Crippen molar-refractivity contribution in [1.82, 2.24) is 4.98 Å². The molecule has 54 valence electrons. The SMILES string of the molecule is [CH]Nc1ccc2cc[nH]c2c1. The monoisotopic (exact) mass is 144 g/mol. The van der Waals surface area contributed by atoms with E-state index >= 15 is 0 Å². The summed E-state index contributed by atoms with van der Waals surface area (Å²) in [7, 11) is 5.25. The van der Waals surface area contributed by atoms with Crippen LogP contribution in [0.2, 0.25) is 0 Å². The second-order valence-electron chi connectivity index (χ2n) is 2.42. The van der Waals surface area contributed by atoms with E-state index in [1.807, 2.05) is 30.5 Å². The van der Waals surface area contributed by atoms with Gasteiger partial charge in [-0.25, -0.2) is 0 Å². The molecule has 1 heterocycles. The fourth-order valence-corrected chi connectivity index (χ4v) is 1.14. The second-order valence-corrected chi connectivity index (χ2v) is 2.42. The summed E-state index contributed by atoms with van der Waals surface area (Å²) >= 11 is 0. The first-order valence-corrected chi connectivity index (χ1v) is 3.44. The number of nitrogens with one attached hydrogen (secondary N) is 2. The molecule has 2 radical (unpaired) electrons. The number of hydrogen-bond donors (Lipinski definition) is 2. The summed E-state index contributed by atoms with van der Waals surface area (Å²) in [6, 6.07) is 7.95. The minimum absolute atomic E-state index is 0.917. The molecule has 0 aliphatic rings. The lowest BCUT2D eigenvalue weighted by Gasteiger charge is -1.97. The zero-order valence-electron chi connectivity index (χ0n) is 5.96. The molecule has 2 rings (SSSR count). The van der Waals surface area contributed by atoms with Gasteiger partial charge in [-0.2, -0.15) is 0 Å². The molecule has 2 aromatic rings. The van der Waals surface area contributed by atoms with Gasteiger partial charge in [0.2, 0.25) is 0 Å². The highest BCUT2D eigenvalue weighted by atomic mass is 14.8. The number of hydrogen-bond acceptors (Lipinski definition) is 1. The first-order valence-electron chi connectivity index (χ1n) is 3.44. The number of rotatable bonds is 1. The molecule has 0 saturated carbocycles. The molecule has 11 heavy (non-hydrogen) atoms. The third-order valence-electron chi connectivity index (χ3n) is 1.72. The number of benzene rings is 1. The summed E-state index contributed by atoms with van der Waals surface area (Å²) in [5, 5.41) is 3.79. The van der Waals surface area contributed by atoms with Gasteiger partial charge in [0.1, 0.15) is 0 Å². The molecule has 0 aliphatic carbocycles. The maximum Gasteiger partial charge on any atom is 0.0705 e. The topological polar surface area (TPSA) is 27.8 Å². The van der Waals surface area contributed by atoms with Gasteiger partial charge in [-0.1, -0.05) is 6.07 Å². The fourth-order valence-electron chi connectivity index (χ4n) is 1.14. The van der Waals surface area contributed by atoms with E-state index < -0.39 is 0 Å². The summed E-state index contributed by atoms with van der Waals surface area (Å²) in [6.07, 6.45) is 1.91. The van der Waals surface area contributed by atoms with Gasteiger partial charge in [0.05, 0.1) is 7.05 Å². The highest BCUT2D eigenvalue weighted by Crippen LogP contribution is 2.16. The molecule has 0 aliphatic heterocycles. The Hall–Kier alpha value is -1.44. The lowest BCUT2D eigenvalue weighted by Crippen LogP contribution is -1.82. The quantitative estimate of drug-likeness (QED) is 0.590. The van der Waals surface area contributed by atoms with E-state index in [9.17, 15) is 0 Å². The number of anilines is 1. The van der Waals surface area contributed by atoms with Crippen molar-refractivity contribution in [1.29, 1.82) is 0 Å². The Balaban J connectivity index is 2.67. The fraction of sp³-hybridized carbons (Fsp3) is 0. The van der Waals surface area contributed by atoms with Crippen molar-refractivity contribution >= 4 is 16.6 Å². The average molecular weight is 144 g/mol. The van der Waals surface area contributed by atoms with Crippen molar-refractivity contribution in [3.05, 3.63) is 37.5 Å². The number of aromatic nitrogens is 1. The van der Waals surface area contributed by atoms with Crippen molar-refractivity contribution in [2.75, 3.05) is 5.32 Å². The van der Waals surface area contributed by atoms with E-state index in [0.29, 0.717) is 0 Å². The Kier molecular flexibility index (Phi) is 1.32. The van der Waals surface area contributed by atoms with Crippen LogP contribution in [0.25, 0.3) is 10.9 Å². The van der Waals surface area contributed by atoms with Gasteiger partial charge in [-0.3, -0.25) is 0 Å². The average Bonchev–Trinajstić information content (AvgIpc) is 2.50. The molecular formula is C9H8N2. The minimum Gasteiger partial charge on any atom is -0.378 e. The number of fused-ring (bicyclic) bond motifs is 1. The third-order valence-corrected chi connectivity index (χ3v) is 1.72. The maximum atomic E-state index is 5.25. The zero-order chi connectivity index (χ0) is 7.68. The summed E-state index contributed by atoms with van der Waals surface area (Å²) in [4.78, 5) is 3.10. The molecule has 2 heteroatoms. The molecule has 0 bridgehead atoms. The first kappa shape index (κ1) is 6.28. The second kappa shape index (κ2) is 2.31. The van der Waals surface area contributed by atoms with Crippen molar-refractivity contribution in [2.45, 2.75) is 0 Å². The van der Waals surface area contributed by atoms with Crippen molar-refractivity contribution in [2.24, 2.45) is 0 Å². The van der Waals surface area contributed by atoms with Gasteiger partial charge >= 0.3 is 0 Å².